The maximum absolute atomic E-state index is 4.31. The van der Waals surface area contributed by atoms with Gasteiger partial charge in [-0.1, -0.05) is 159 Å². The molecule has 2 unspecified atom stereocenters. The molecule has 5 aromatic carbocycles. The summed E-state index contributed by atoms with van der Waals surface area (Å²) >= 11 is 0. The Kier molecular flexibility index (Phi) is 8.11. The Morgan fingerprint density at radius 1 is 0.673 bits per heavy atom. The van der Waals surface area contributed by atoms with Gasteiger partial charge in [0, 0.05) is 24.2 Å². The fourth-order valence-corrected chi connectivity index (χ4v) is 7.89. The molecule has 1 aromatic heterocycles. The van der Waals surface area contributed by atoms with E-state index >= 15 is 0 Å². The third kappa shape index (κ3) is 5.32. The van der Waals surface area contributed by atoms with Gasteiger partial charge in [0.25, 0.3) is 0 Å². The van der Waals surface area contributed by atoms with Gasteiger partial charge in [-0.25, -0.2) is 0 Å². The zero-order valence-corrected chi connectivity index (χ0v) is 28.1. The third-order valence-electron chi connectivity index (χ3n) is 10.3. The first kappa shape index (κ1) is 30.5. The molecule has 0 spiro atoms. The van der Waals surface area contributed by atoms with E-state index in [1.54, 1.807) is 0 Å². The molecule has 0 aliphatic heterocycles. The first-order valence-corrected chi connectivity index (χ1v) is 17.3. The Morgan fingerprint density at radius 3 is 1.96 bits per heavy atom. The molecule has 0 saturated carbocycles. The number of pyridine rings is 1. The van der Waals surface area contributed by atoms with Crippen LogP contribution in [0, 0.1) is 11.8 Å². The van der Waals surface area contributed by atoms with Gasteiger partial charge in [-0.2, -0.15) is 0 Å². The van der Waals surface area contributed by atoms with Crippen LogP contribution in [0.5, 0.6) is 0 Å². The minimum Gasteiger partial charge on any atom is -0.265 e. The number of nitrogens with zero attached hydrogens (tertiary/aromatic N) is 1. The van der Waals surface area contributed by atoms with Crippen molar-refractivity contribution in [1.29, 1.82) is 0 Å². The van der Waals surface area contributed by atoms with E-state index in [1.807, 2.05) is 18.5 Å². The molecule has 0 fully saturated rings. The molecule has 0 amide bonds. The van der Waals surface area contributed by atoms with E-state index in [1.165, 1.54) is 82.4 Å². The summed E-state index contributed by atoms with van der Waals surface area (Å²) in [6.45, 7) is 8.61. The summed E-state index contributed by atoms with van der Waals surface area (Å²) in [7, 11) is 0. The SMILES string of the molecule is C=C/C=C(\C(=C(/C)CC)c1ccncc1)c1cccc2c(-c3c4ccccc4c(C4=CC5C=CC=CC5C=C4)c4ccccc34)cccc12. The number of benzene rings is 5. The van der Waals surface area contributed by atoms with Gasteiger partial charge >= 0.3 is 0 Å². The second-order valence-electron chi connectivity index (χ2n) is 13.0. The van der Waals surface area contributed by atoms with Crippen LogP contribution in [0.25, 0.3) is 60.2 Å². The predicted molar refractivity (Wildman–Crippen MR) is 212 cm³/mol. The van der Waals surface area contributed by atoms with E-state index in [0.29, 0.717) is 11.8 Å². The summed E-state index contributed by atoms with van der Waals surface area (Å²) in [4.78, 5) is 4.31. The number of allylic oxidation sites excluding steroid dienone is 13. The molecule has 8 rings (SSSR count). The van der Waals surface area contributed by atoms with E-state index in [2.05, 4.69) is 171 Å². The molecule has 6 aromatic rings. The smallest absolute Gasteiger partial charge is 0.0273 e. The zero-order chi connectivity index (χ0) is 33.3. The standard InChI is InChI=1S/C48H39N/c1-4-14-40(46(32(3)5-2)34-27-29-49-30-28-34)38-22-12-23-39-37(38)21-13-24-41(39)48-44-19-10-8-17-42(44)47(43-18-9-11-20-45(43)48)36-26-25-33-15-6-7-16-35(33)31-36/h4,6-31,33,35H,1,5H2,2-3H3/b40-14-,46-32+. The average Bonchev–Trinajstić information content (AvgIpc) is 3.16. The Bertz CT molecular complexity index is 2390. The predicted octanol–water partition coefficient (Wildman–Crippen LogP) is 13.0. The minimum atomic E-state index is 0.374. The van der Waals surface area contributed by atoms with Crippen molar-refractivity contribution in [2.75, 3.05) is 0 Å². The normalized spacial score (nSPS) is 17.7. The summed E-state index contributed by atoms with van der Waals surface area (Å²) in [6.07, 6.45) is 24.9. The molecular weight excluding hydrogens is 591 g/mol. The van der Waals surface area contributed by atoms with Crippen molar-refractivity contribution in [2.24, 2.45) is 11.8 Å². The number of rotatable bonds is 7. The maximum Gasteiger partial charge on any atom is 0.0273 e. The summed E-state index contributed by atoms with van der Waals surface area (Å²) in [5, 5.41) is 7.56. The molecule has 236 valence electrons. The molecule has 2 aliphatic rings. The van der Waals surface area contributed by atoms with Crippen LogP contribution in [0.2, 0.25) is 0 Å². The molecule has 1 heterocycles. The quantitative estimate of drug-likeness (QED) is 0.126. The van der Waals surface area contributed by atoms with E-state index in [9.17, 15) is 0 Å². The van der Waals surface area contributed by atoms with Crippen LogP contribution in [0.1, 0.15) is 37.0 Å². The Balaban J connectivity index is 1.39. The number of aromatic nitrogens is 1. The van der Waals surface area contributed by atoms with E-state index in [0.717, 1.165) is 6.42 Å². The van der Waals surface area contributed by atoms with Crippen molar-refractivity contribution in [1.82, 2.24) is 4.98 Å². The molecule has 2 atom stereocenters. The zero-order valence-electron chi connectivity index (χ0n) is 28.1. The number of fused-ring (bicyclic) bond motifs is 4. The van der Waals surface area contributed by atoms with Crippen molar-refractivity contribution < 1.29 is 0 Å². The molecule has 2 aliphatic carbocycles. The monoisotopic (exact) mass is 629 g/mol. The highest BCUT2D eigenvalue weighted by molar-refractivity contribution is 6.23. The van der Waals surface area contributed by atoms with Gasteiger partial charge in [0.1, 0.15) is 0 Å². The van der Waals surface area contributed by atoms with Gasteiger partial charge in [-0.3, -0.25) is 4.98 Å². The van der Waals surface area contributed by atoms with Crippen molar-refractivity contribution in [3.05, 3.63) is 193 Å². The lowest BCUT2D eigenvalue weighted by atomic mass is 9.78. The van der Waals surface area contributed by atoms with E-state index in [-0.39, 0.29) is 0 Å². The average molecular weight is 630 g/mol. The Hall–Kier alpha value is -5.79. The highest BCUT2D eigenvalue weighted by atomic mass is 14.6. The highest BCUT2D eigenvalue weighted by Gasteiger charge is 2.23. The lowest BCUT2D eigenvalue weighted by Gasteiger charge is -2.25. The lowest BCUT2D eigenvalue weighted by molar-refractivity contribution is 0.663. The van der Waals surface area contributed by atoms with Crippen LogP contribution < -0.4 is 0 Å². The Morgan fingerprint density at radius 2 is 1.29 bits per heavy atom. The summed E-state index contributed by atoms with van der Waals surface area (Å²) in [6, 6.07) is 35.7. The number of hydrogen-bond acceptors (Lipinski definition) is 1. The van der Waals surface area contributed by atoms with Crippen LogP contribution in [0.15, 0.2) is 176 Å². The molecule has 0 saturated heterocycles. The summed E-state index contributed by atoms with van der Waals surface area (Å²) in [5.74, 6) is 0.796. The van der Waals surface area contributed by atoms with Crippen molar-refractivity contribution in [3.8, 4) is 11.1 Å². The molecule has 49 heavy (non-hydrogen) atoms. The first-order chi connectivity index (χ1) is 24.2. The van der Waals surface area contributed by atoms with Gasteiger partial charge < -0.3 is 0 Å². The molecule has 1 heteroatoms. The third-order valence-corrected chi connectivity index (χ3v) is 10.3. The molecular formula is C48H39N. The highest BCUT2D eigenvalue weighted by Crippen LogP contribution is 2.47. The summed E-state index contributed by atoms with van der Waals surface area (Å²) in [5.41, 5.74) is 11.2. The van der Waals surface area contributed by atoms with Crippen molar-refractivity contribution in [3.63, 3.8) is 0 Å². The van der Waals surface area contributed by atoms with Crippen molar-refractivity contribution >= 4 is 49.0 Å². The molecule has 0 radical (unpaired) electrons. The van der Waals surface area contributed by atoms with Gasteiger partial charge in [0.15, 0.2) is 0 Å². The van der Waals surface area contributed by atoms with Gasteiger partial charge in [0.05, 0.1) is 0 Å². The van der Waals surface area contributed by atoms with Crippen LogP contribution in [-0.2, 0) is 0 Å². The minimum absolute atomic E-state index is 0.374. The molecule has 0 bridgehead atoms. The summed E-state index contributed by atoms with van der Waals surface area (Å²) < 4.78 is 0. The van der Waals surface area contributed by atoms with Gasteiger partial charge in [-0.15, -0.1) is 0 Å². The van der Waals surface area contributed by atoms with E-state index < -0.39 is 0 Å². The van der Waals surface area contributed by atoms with Crippen LogP contribution in [0.4, 0.5) is 0 Å². The fourth-order valence-electron chi connectivity index (χ4n) is 7.89. The molecule has 1 nitrogen and oxygen atoms in total. The largest absolute Gasteiger partial charge is 0.265 e. The second-order valence-corrected chi connectivity index (χ2v) is 13.0. The van der Waals surface area contributed by atoms with Gasteiger partial charge in [0.2, 0.25) is 0 Å². The second kappa shape index (κ2) is 13.0. The van der Waals surface area contributed by atoms with E-state index in [4.69, 9.17) is 0 Å². The topological polar surface area (TPSA) is 12.9 Å². The van der Waals surface area contributed by atoms with Crippen LogP contribution in [-0.4, -0.2) is 4.98 Å². The maximum atomic E-state index is 4.31. The van der Waals surface area contributed by atoms with Crippen LogP contribution in [0.3, 0.4) is 0 Å². The van der Waals surface area contributed by atoms with Gasteiger partial charge in [-0.05, 0) is 102 Å². The Labute approximate surface area is 289 Å². The molecule has 0 N–H and O–H groups in total. The first-order valence-electron chi connectivity index (χ1n) is 17.3. The van der Waals surface area contributed by atoms with Crippen LogP contribution >= 0.6 is 0 Å². The number of hydrogen-bond donors (Lipinski definition) is 0. The fraction of sp³-hybridized carbons (Fsp3) is 0.104. The lowest BCUT2D eigenvalue weighted by Crippen LogP contribution is -2.11. The van der Waals surface area contributed by atoms with Crippen molar-refractivity contribution in [2.45, 2.75) is 20.3 Å².